The normalized spacial score (nSPS) is 11.3. The van der Waals surface area contributed by atoms with Crippen molar-refractivity contribution in [1.29, 1.82) is 5.26 Å². The van der Waals surface area contributed by atoms with Crippen molar-refractivity contribution in [1.82, 2.24) is 24.1 Å². The maximum atomic E-state index is 10.1. The summed E-state index contributed by atoms with van der Waals surface area (Å²) in [6.07, 6.45) is 0. The van der Waals surface area contributed by atoms with E-state index in [2.05, 4.69) is 105 Å². The van der Waals surface area contributed by atoms with Crippen LogP contribution in [0.15, 0.2) is 188 Å². The highest BCUT2D eigenvalue weighted by Gasteiger charge is 2.23. The van der Waals surface area contributed by atoms with Crippen molar-refractivity contribution < 1.29 is 0 Å². The Balaban J connectivity index is 1.14. The van der Waals surface area contributed by atoms with Crippen molar-refractivity contribution >= 4 is 49.3 Å². The average Bonchev–Trinajstić information content (AvgIpc) is 3.85. The van der Waals surface area contributed by atoms with Crippen LogP contribution in [0.3, 0.4) is 0 Å². The average molecular weight is 766 g/mol. The van der Waals surface area contributed by atoms with Crippen molar-refractivity contribution in [2.75, 3.05) is 0 Å². The third-order valence-corrected chi connectivity index (χ3v) is 11.2. The number of para-hydroxylation sites is 3. The predicted octanol–water partition coefficient (Wildman–Crippen LogP) is 13.2. The number of aromatic nitrogens is 5. The Hall–Kier alpha value is -8.65. The molecule has 0 aliphatic heterocycles. The van der Waals surface area contributed by atoms with Gasteiger partial charge >= 0.3 is 0 Å². The first-order chi connectivity index (χ1) is 29.7. The summed E-state index contributed by atoms with van der Waals surface area (Å²) in [5, 5.41) is 14.5. The van der Waals surface area contributed by atoms with E-state index < -0.39 is 0 Å². The molecule has 278 valence electrons. The largest absolute Gasteiger partial charge is 0.318 e. The van der Waals surface area contributed by atoms with Gasteiger partial charge in [-0.15, -0.1) is 0 Å². The van der Waals surface area contributed by atoms with Crippen molar-refractivity contribution in [3.63, 3.8) is 0 Å². The van der Waals surface area contributed by atoms with Crippen LogP contribution < -0.4 is 0 Å². The maximum Gasteiger partial charge on any atom is 0.211 e. The second-order valence-electron chi connectivity index (χ2n) is 14.7. The Morgan fingerprint density at radius 2 is 1.03 bits per heavy atom. The van der Waals surface area contributed by atoms with Gasteiger partial charge in [-0.3, -0.25) is 0 Å². The van der Waals surface area contributed by atoms with Gasteiger partial charge in [-0.05, 0) is 71.8 Å². The van der Waals surface area contributed by atoms with Gasteiger partial charge < -0.3 is 9.13 Å². The van der Waals surface area contributed by atoms with Crippen LogP contribution in [0.1, 0.15) is 5.56 Å². The number of nitriles is 1. The Kier molecular flexibility index (Phi) is 8.11. The molecule has 8 aromatic carbocycles. The minimum Gasteiger partial charge on any atom is -0.318 e. The monoisotopic (exact) mass is 765 g/mol. The molecular formula is C53H31N7. The molecule has 0 N–H and O–H groups in total. The second kappa shape index (κ2) is 14.1. The molecule has 0 aliphatic rings. The van der Waals surface area contributed by atoms with Gasteiger partial charge in [-0.2, -0.15) is 5.26 Å². The summed E-state index contributed by atoms with van der Waals surface area (Å²) in [6.45, 7) is 8.60. The minimum absolute atomic E-state index is 0.425. The third-order valence-electron chi connectivity index (χ3n) is 11.2. The highest BCUT2D eigenvalue weighted by Crippen LogP contribution is 2.44. The number of fused-ring (bicyclic) bond motifs is 7. The van der Waals surface area contributed by atoms with Gasteiger partial charge in [-0.1, -0.05) is 127 Å². The maximum absolute atomic E-state index is 10.1. The van der Waals surface area contributed by atoms with Gasteiger partial charge in [-0.25, -0.2) is 19.8 Å². The lowest BCUT2D eigenvalue weighted by atomic mass is 9.99. The van der Waals surface area contributed by atoms with E-state index in [9.17, 15) is 5.26 Å². The first kappa shape index (κ1) is 34.6. The van der Waals surface area contributed by atoms with Crippen molar-refractivity contribution in [3.8, 4) is 62.7 Å². The van der Waals surface area contributed by atoms with E-state index in [4.69, 9.17) is 21.5 Å². The number of rotatable bonds is 6. The molecule has 7 nitrogen and oxygen atoms in total. The second-order valence-corrected chi connectivity index (χ2v) is 14.7. The number of hydrogen-bond donors (Lipinski definition) is 0. The van der Waals surface area contributed by atoms with E-state index in [0.29, 0.717) is 39.9 Å². The lowest BCUT2D eigenvalue weighted by molar-refractivity contribution is 1.07. The molecule has 0 bridgehead atoms. The molecule has 0 atom stereocenters. The summed E-state index contributed by atoms with van der Waals surface area (Å²) in [5.74, 6) is 1.35. The van der Waals surface area contributed by atoms with E-state index in [1.807, 2.05) is 103 Å². The van der Waals surface area contributed by atoms with Crippen molar-refractivity contribution in [2.45, 2.75) is 0 Å². The summed E-state index contributed by atoms with van der Waals surface area (Å²) in [6, 6.07) is 65.5. The van der Waals surface area contributed by atoms with Crippen molar-refractivity contribution in [3.05, 3.63) is 205 Å². The Morgan fingerprint density at radius 1 is 0.450 bits per heavy atom. The van der Waals surface area contributed by atoms with Crippen molar-refractivity contribution in [2.24, 2.45) is 0 Å². The van der Waals surface area contributed by atoms with Crippen LogP contribution in [0.25, 0.3) is 105 Å². The SMILES string of the molecule is [C-]#[N+]c1cc(-c2nc(-c3ccccc3)nc(-c3cc(C#N)cc(-c4ccccc4)c3)n2)ccc1-n1c2ccccc2c2ccc3c(c4ccccc4n3-c3ccccc3)c21. The standard InChI is InChI=1S/C53H31N7/c1-55-44-32-37(52-56-51(36-17-7-3-8-18-36)57-53(58-52)39-30-34(33-54)29-38(31-39)35-15-5-2-6-16-35)25-27-47(44)60-45-23-13-11-21-41(45)42-26-28-48-49(50(42)60)43-22-12-14-24-46(43)59(48)40-19-9-4-10-20-40/h2-32H. The molecule has 0 fully saturated rings. The minimum atomic E-state index is 0.425. The Morgan fingerprint density at radius 3 is 1.73 bits per heavy atom. The summed E-state index contributed by atoms with van der Waals surface area (Å²) < 4.78 is 4.57. The Labute approximate surface area is 345 Å². The molecular weight excluding hydrogens is 735 g/mol. The van der Waals surface area contributed by atoms with Gasteiger partial charge in [0.15, 0.2) is 17.5 Å². The molecule has 0 radical (unpaired) electrons. The van der Waals surface area contributed by atoms with E-state index in [0.717, 1.165) is 71.7 Å². The molecule has 0 spiro atoms. The molecule has 0 saturated carbocycles. The summed E-state index contributed by atoms with van der Waals surface area (Å²) in [4.78, 5) is 19.2. The summed E-state index contributed by atoms with van der Waals surface area (Å²) in [7, 11) is 0. The van der Waals surface area contributed by atoms with Gasteiger partial charge in [0, 0.05) is 43.9 Å². The molecule has 7 heteroatoms. The number of nitrogens with zero attached hydrogens (tertiary/aromatic N) is 7. The van der Waals surface area contributed by atoms with Gasteiger partial charge in [0.05, 0.1) is 46.0 Å². The molecule has 11 aromatic rings. The smallest absolute Gasteiger partial charge is 0.211 e. The summed E-state index contributed by atoms with van der Waals surface area (Å²) >= 11 is 0. The van der Waals surface area contributed by atoms with E-state index in [1.54, 1.807) is 0 Å². The van der Waals surface area contributed by atoms with Crippen LogP contribution in [0, 0.1) is 17.9 Å². The third kappa shape index (κ3) is 5.61. The van der Waals surface area contributed by atoms with Gasteiger partial charge in [0.2, 0.25) is 5.69 Å². The predicted molar refractivity (Wildman–Crippen MR) is 241 cm³/mol. The van der Waals surface area contributed by atoms with Crippen LogP contribution in [0.5, 0.6) is 0 Å². The van der Waals surface area contributed by atoms with E-state index >= 15 is 0 Å². The van der Waals surface area contributed by atoms with E-state index in [-0.39, 0.29) is 0 Å². The van der Waals surface area contributed by atoms with E-state index in [1.165, 1.54) is 0 Å². The van der Waals surface area contributed by atoms with Crippen LogP contribution in [0.4, 0.5) is 5.69 Å². The zero-order valence-corrected chi connectivity index (χ0v) is 32.0. The fourth-order valence-electron chi connectivity index (χ4n) is 8.52. The van der Waals surface area contributed by atoms with Crippen LogP contribution in [-0.2, 0) is 0 Å². The first-order valence-corrected chi connectivity index (χ1v) is 19.6. The molecule has 0 saturated heterocycles. The lowest BCUT2D eigenvalue weighted by Gasteiger charge is -2.14. The quantitative estimate of drug-likeness (QED) is 0.158. The highest BCUT2D eigenvalue weighted by atomic mass is 15.0. The topological polar surface area (TPSA) is 76.7 Å². The zero-order valence-electron chi connectivity index (χ0n) is 32.0. The molecule has 0 amide bonds. The molecule has 11 rings (SSSR count). The fourth-order valence-corrected chi connectivity index (χ4v) is 8.52. The lowest BCUT2D eigenvalue weighted by Crippen LogP contribution is -2.01. The molecule has 3 heterocycles. The molecule has 3 aromatic heterocycles. The fraction of sp³-hybridized carbons (Fsp3) is 0. The van der Waals surface area contributed by atoms with Crippen LogP contribution in [-0.4, -0.2) is 24.1 Å². The van der Waals surface area contributed by atoms with Crippen LogP contribution >= 0.6 is 0 Å². The first-order valence-electron chi connectivity index (χ1n) is 19.6. The molecule has 0 unspecified atom stereocenters. The molecule has 60 heavy (non-hydrogen) atoms. The molecule has 0 aliphatic carbocycles. The number of hydrogen-bond acceptors (Lipinski definition) is 4. The zero-order chi connectivity index (χ0) is 40.2. The van der Waals surface area contributed by atoms with Gasteiger partial charge in [0.25, 0.3) is 0 Å². The van der Waals surface area contributed by atoms with Crippen LogP contribution in [0.2, 0.25) is 0 Å². The van der Waals surface area contributed by atoms with Gasteiger partial charge in [0.1, 0.15) is 0 Å². The Bertz CT molecular complexity index is 3550. The highest BCUT2D eigenvalue weighted by molar-refractivity contribution is 6.26. The number of benzene rings is 8. The summed E-state index contributed by atoms with van der Waals surface area (Å²) in [5.41, 5.74) is 11.1.